The van der Waals surface area contributed by atoms with Gasteiger partial charge in [0, 0.05) is 6.42 Å². The summed E-state index contributed by atoms with van der Waals surface area (Å²) >= 11 is 0. The number of allylic oxidation sites excluding steroid dienone is 1. The molecule has 0 saturated heterocycles. The van der Waals surface area contributed by atoms with Crippen molar-refractivity contribution in [2.45, 2.75) is 13.3 Å². The van der Waals surface area contributed by atoms with Gasteiger partial charge in [-0.15, -0.1) is 12.3 Å². The quantitative estimate of drug-likeness (QED) is 0.456. The molecule has 0 aliphatic rings. The molecule has 0 aliphatic heterocycles. The zero-order valence-electron chi connectivity index (χ0n) is 4.57. The first-order valence-corrected chi connectivity index (χ1v) is 2.19. The molecule has 0 fully saturated rings. The molecular formula is C7H9. The smallest absolute Gasteiger partial charge is 0.0158 e. The van der Waals surface area contributed by atoms with Gasteiger partial charge in [-0.25, -0.2) is 0 Å². The van der Waals surface area contributed by atoms with Crippen LogP contribution in [0.15, 0.2) is 12.2 Å². The Bertz CT molecular complexity index is 93.1. The second-order valence-electron chi connectivity index (χ2n) is 1.46. The van der Waals surface area contributed by atoms with Gasteiger partial charge in [0.1, 0.15) is 0 Å². The minimum absolute atomic E-state index is 0.704. The first kappa shape index (κ1) is 6.30. The molecule has 0 saturated carbocycles. The lowest BCUT2D eigenvalue weighted by molar-refractivity contribution is 1.26. The molecule has 0 aliphatic carbocycles. The van der Waals surface area contributed by atoms with E-state index >= 15 is 0 Å². The Morgan fingerprint density at radius 1 is 2.00 bits per heavy atom. The summed E-state index contributed by atoms with van der Waals surface area (Å²) in [6.07, 6.45) is 7.57. The van der Waals surface area contributed by atoms with Crippen molar-refractivity contribution in [1.82, 2.24) is 0 Å². The van der Waals surface area contributed by atoms with Crippen molar-refractivity contribution in [3.05, 3.63) is 18.6 Å². The summed E-state index contributed by atoms with van der Waals surface area (Å²) in [5.74, 6) is 2.48. The molecular weight excluding hydrogens is 84.1 g/mol. The highest BCUT2D eigenvalue weighted by atomic mass is 13.8. The normalized spacial score (nSPS) is 7.43. The van der Waals surface area contributed by atoms with Crippen LogP contribution in [-0.2, 0) is 0 Å². The van der Waals surface area contributed by atoms with E-state index in [2.05, 4.69) is 12.5 Å². The van der Waals surface area contributed by atoms with Crippen LogP contribution in [0.1, 0.15) is 13.3 Å². The molecule has 7 heavy (non-hydrogen) atoms. The third-order valence-electron chi connectivity index (χ3n) is 0.568. The maximum atomic E-state index is 4.95. The van der Waals surface area contributed by atoms with Gasteiger partial charge >= 0.3 is 0 Å². The third-order valence-corrected chi connectivity index (χ3v) is 0.568. The summed E-state index contributed by atoms with van der Waals surface area (Å²) in [5.41, 5.74) is 1.04. The minimum Gasteiger partial charge on any atom is -0.120 e. The molecule has 37 valence electrons. The first-order valence-electron chi connectivity index (χ1n) is 2.19. The number of hydrogen-bond donors (Lipinski definition) is 0. The summed E-state index contributed by atoms with van der Waals surface area (Å²) in [7, 11) is 0. The summed E-state index contributed by atoms with van der Waals surface area (Å²) < 4.78 is 0. The van der Waals surface area contributed by atoms with Gasteiger partial charge < -0.3 is 0 Å². The zero-order chi connectivity index (χ0) is 5.70. The van der Waals surface area contributed by atoms with Crippen LogP contribution >= 0.6 is 0 Å². The van der Waals surface area contributed by atoms with Crippen molar-refractivity contribution in [1.29, 1.82) is 0 Å². The predicted octanol–water partition coefficient (Wildman–Crippen LogP) is 1.79. The molecule has 0 N–H and O–H groups in total. The largest absolute Gasteiger partial charge is 0.120 e. The third kappa shape index (κ3) is 5.30. The second-order valence-corrected chi connectivity index (χ2v) is 1.46. The van der Waals surface area contributed by atoms with Gasteiger partial charge in [-0.2, -0.15) is 0 Å². The van der Waals surface area contributed by atoms with E-state index in [9.17, 15) is 0 Å². The lowest BCUT2D eigenvalue weighted by Crippen LogP contribution is -1.71. The predicted molar refractivity (Wildman–Crippen MR) is 32.6 cm³/mol. The van der Waals surface area contributed by atoms with E-state index in [-0.39, 0.29) is 0 Å². The van der Waals surface area contributed by atoms with Gasteiger partial charge in [-0.3, -0.25) is 0 Å². The van der Waals surface area contributed by atoms with E-state index in [1.54, 1.807) is 0 Å². The highest BCUT2D eigenvalue weighted by Crippen LogP contribution is 1.95. The molecule has 0 heterocycles. The SMILES string of the molecule is C#CC[CH]C(=C)C. The Balaban J connectivity index is 3.02. The summed E-state index contributed by atoms with van der Waals surface area (Å²) in [6, 6.07) is 0. The van der Waals surface area contributed by atoms with Crippen LogP contribution in [0.3, 0.4) is 0 Å². The standard InChI is InChI=1S/C7H9/c1-4-5-6-7(2)3/h1,6H,2,5H2,3H3. The van der Waals surface area contributed by atoms with Crippen LogP contribution in [0.4, 0.5) is 0 Å². The Morgan fingerprint density at radius 2 is 2.57 bits per heavy atom. The molecule has 0 bridgehead atoms. The number of rotatable bonds is 2. The van der Waals surface area contributed by atoms with E-state index in [0.717, 1.165) is 5.57 Å². The lowest BCUT2D eigenvalue weighted by atomic mass is 10.2. The Labute approximate surface area is 45.2 Å². The van der Waals surface area contributed by atoms with Crippen LogP contribution in [0.5, 0.6) is 0 Å². The molecule has 0 heteroatoms. The Kier molecular flexibility index (Phi) is 3.14. The second kappa shape index (κ2) is 3.49. The fraction of sp³-hybridized carbons (Fsp3) is 0.286. The maximum absolute atomic E-state index is 4.95. The summed E-state index contributed by atoms with van der Waals surface area (Å²) in [6.45, 7) is 5.57. The minimum atomic E-state index is 0.704. The van der Waals surface area contributed by atoms with Crippen LogP contribution < -0.4 is 0 Å². The molecule has 0 amide bonds. The van der Waals surface area contributed by atoms with Crippen LogP contribution in [-0.4, -0.2) is 0 Å². The van der Waals surface area contributed by atoms with Crippen LogP contribution in [0, 0.1) is 18.8 Å². The molecule has 0 atom stereocenters. The van der Waals surface area contributed by atoms with E-state index < -0.39 is 0 Å². The van der Waals surface area contributed by atoms with Crippen molar-refractivity contribution in [2.24, 2.45) is 0 Å². The van der Waals surface area contributed by atoms with E-state index in [1.165, 1.54) is 0 Å². The Morgan fingerprint density at radius 3 is 2.71 bits per heavy atom. The first-order chi connectivity index (χ1) is 3.27. The van der Waals surface area contributed by atoms with Crippen LogP contribution in [0.25, 0.3) is 0 Å². The van der Waals surface area contributed by atoms with Gasteiger partial charge in [0.05, 0.1) is 0 Å². The van der Waals surface area contributed by atoms with Crippen molar-refractivity contribution in [3.8, 4) is 12.3 Å². The summed E-state index contributed by atoms with van der Waals surface area (Å²) in [5, 5.41) is 0. The molecule has 0 spiro atoms. The average molecular weight is 93.1 g/mol. The highest BCUT2D eigenvalue weighted by Gasteiger charge is 1.79. The monoisotopic (exact) mass is 93.1 g/mol. The molecule has 0 aromatic rings. The fourth-order valence-electron chi connectivity index (χ4n) is 0.233. The van der Waals surface area contributed by atoms with Crippen molar-refractivity contribution in [2.75, 3.05) is 0 Å². The topological polar surface area (TPSA) is 0 Å². The van der Waals surface area contributed by atoms with E-state index in [0.29, 0.717) is 6.42 Å². The lowest BCUT2D eigenvalue weighted by Gasteiger charge is -1.86. The fourth-order valence-corrected chi connectivity index (χ4v) is 0.233. The molecule has 0 aromatic carbocycles. The zero-order valence-corrected chi connectivity index (χ0v) is 4.57. The van der Waals surface area contributed by atoms with Crippen molar-refractivity contribution >= 4 is 0 Å². The number of terminal acetylenes is 1. The molecule has 0 unspecified atom stereocenters. The van der Waals surface area contributed by atoms with Crippen molar-refractivity contribution in [3.63, 3.8) is 0 Å². The number of hydrogen-bond acceptors (Lipinski definition) is 0. The van der Waals surface area contributed by atoms with Gasteiger partial charge in [0.25, 0.3) is 0 Å². The molecule has 0 nitrogen and oxygen atoms in total. The Hall–Kier alpha value is -0.700. The highest BCUT2D eigenvalue weighted by molar-refractivity contribution is 5.08. The van der Waals surface area contributed by atoms with E-state index in [4.69, 9.17) is 6.42 Å². The molecule has 1 radical (unpaired) electrons. The molecule has 0 aromatic heterocycles. The van der Waals surface area contributed by atoms with Crippen LogP contribution in [0.2, 0.25) is 0 Å². The van der Waals surface area contributed by atoms with E-state index in [1.807, 2.05) is 13.3 Å². The van der Waals surface area contributed by atoms with Gasteiger partial charge in [0.2, 0.25) is 0 Å². The van der Waals surface area contributed by atoms with Gasteiger partial charge in [-0.05, 0) is 13.3 Å². The van der Waals surface area contributed by atoms with Gasteiger partial charge in [0.15, 0.2) is 0 Å². The average Bonchev–Trinajstić information content (AvgIpc) is 1.61. The summed E-state index contributed by atoms with van der Waals surface area (Å²) in [4.78, 5) is 0. The molecule has 0 rings (SSSR count). The maximum Gasteiger partial charge on any atom is 0.0158 e. The van der Waals surface area contributed by atoms with Gasteiger partial charge in [-0.1, -0.05) is 12.2 Å². The van der Waals surface area contributed by atoms with Crippen molar-refractivity contribution < 1.29 is 0 Å².